The number of furan rings is 1. The molecule has 1 fully saturated rings. The van der Waals surface area contributed by atoms with Crippen LogP contribution in [0.5, 0.6) is 11.5 Å². The Bertz CT molecular complexity index is 1390. The number of ether oxygens (including phenoxy) is 2. The lowest BCUT2D eigenvalue weighted by atomic mass is 9.98. The molecule has 1 amide bonds. The highest BCUT2D eigenvalue weighted by Gasteiger charge is 2.49. The van der Waals surface area contributed by atoms with E-state index in [1.165, 1.54) is 25.2 Å². The second-order valence-corrected chi connectivity index (χ2v) is 8.91. The summed E-state index contributed by atoms with van der Waals surface area (Å²) in [6.07, 6.45) is 0. The summed E-state index contributed by atoms with van der Waals surface area (Å²) >= 11 is 12.7. The number of aryl methyl sites for hydroxylation is 2. The van der Waals surface area contributed by atoms with Gasteiger partial charge >= 0.3 is 0 Å². The number of nitrogens with zero attached hydrogens (tertiary/aromatic N) is 1. The number of ketones is 1. The first-order valence-electron chi connectivity index (χ1n) is 10.7. The van der Waals surface area contributed by atoms with Crippen LogP contribution in [0.3, 0.4) is 0 Å². The van der Waals surface area contributed by atoms with E-state index in [2.05, 4.69) is 0 Å². The molecule has 9 heteroatoms. The Hall–Kier alpha value is -3.42. The maximum absolute atomic E-state index is 13.4. The van der Waals surface area contributed by atoms with Gasteiger partial charge in [-0.1, -0.05) is 35.3 Å². The summed E-state index contributed by atoms with van der Waals surface area (Å²) in [7, 11) is 2.74. The van der Waals surface area contributed by atoms with Crippen molar-refractivity contribution in [3.8, 4) is 11.5 Å². The molecule has 2 heterocycles. The molecule has 1 unspecified atom stereocenters. The number of rotatable bonds is 5. The fraction of sp³-hybridized carbons (Fsp3) is 0.231. The van der Waals surface area contributed by atoms with Gasteiger partial charge in [0, 0.05) is 5.69 Å². The predicted molar refractivity (Wildman–Crippen MR) is 134 cm³/mol. The van der Waals surface area contributed by atoms with Gasteiger partial charge in [0.25, 0.3) is 11.7 Å². The standard InChI is InChI=1S/C26H23Cl2NO6/c1-12-7-6-8-17(14(12)3)29-21(18-10-9-13(2)35-18)19(23(31)26(29)32)22(30)15-11-16(27)25(34-5)20(28)24(15)33-4/h6-11,21,30H,1-5H3/b22-19+. The molecule has 1 aromatic heterocycles. The summed E-state index contributed by atoms with van der Waals surface area (Å²) in [4.78, 5) is 28.1. The number of amides is 1. The van der Waals surface area contributed by atoms with E-state index in [1.807, 2.05) is 19.9 Å². The Balaban J connectivity index is 2.03. The lowest BCUT2D eigenvalue weighted by Gasteiger charge is -2.26. The zero-order chi connectivity index (χ0) is 25.6. The van der Waals surface area contributed by atoms with E-state index in [9.17, 15) is 14.7 Å². The number of aliphatic hydroxyl groups excluding tert-OH is 1. The number of Topliss-reactive ketones (excluding diaryl/α,β-unsaturated/α-hetero) is 1. The first-order chi connectivity index (χ1) is 16.6. The van der Waals surface area contributed by atoms with E-state index >= 15 is 0 Å². The molecule has 35 heavy (non-hydrogen) atoms. The number of benzene rings is 2. The fourth-order valence-corrected chi connectivity index (χ4v) is 4.93. The highest BCUT2D eigenvalue weighted by molar-refractivity contribution is 6.52. The second-order valence-electron chi connectivity index (χ2n) is 8.12. The van der Waals surface area contributed by atoms with Crippen molar-refractivity contribution in [2.24, 2.45) is 0 Å². The third kappa shape index (κ3) is 3.94. The maximum Gasteiger partial charge on any atom is 0.300 e. The van der Waals surface area contributed by atoms with Crippen molar-refractivity contribution >= 4 is 46.3 Å². The normalized spacial score (nSPS) is 17.2. The quantitative estimate of drug-likeness (QED) is 0.248. The van der Waals surface area contributed by atoms with Gasteiger partial charge in [-0.2, -0.15) is 0 Å². The van der Waals surface area contributed by atoms with Crippen molar-refractivity contribution in [1.29, 1.82) is 0 Å². The van der Waals surface area contributed by atoms with Crippen LogP contribution in [0.1, 0.15) is 34.3 Å². The minimum atomic E-state index is -1.03. The first-order valence-corrected chi connectivity index (χ1v) is 11.4. The number of anilines is 1. The van der Waals surface area contributed by atoms with Crippen LogP contribution in [-0.2, 0) is 9.59 Å². The molecule has 1 N–H and O–H groups in total. The molecule has 0 saturated carbocycles. The lowest BCUT2D eigenvalue weighted by Crippen LogP contribution is -2.30. The van der Waals surface area contributed by atoms with Crippen molar-refractivity contribution in [2.45, 2.75) is 26.8 Å². The molecular formula is C26H23Cl2NO6. The highest BCUT2D eigenvalue weighted by Crippen LogP contribution is 2.48. The van der Waals surface area contributed by atoms with E-state index in [-0.39, 0.29) is 32.7 Å². The average Bonchev–Trinajstić information content (AvgIpc) is 3.36. The zero-order valence-corrected chi connectivity index (χ0v) is 21.2. The number of hydrogen-bond donors (Lipinski definition) is 1. The van der Waals surface area contributed by atoms with Crippen molar-refractivity contribution in [3.05, 3.63) is 80.2 Å². The summed E-state index contributed by atoms with van der Waals surface area (Å²) in [5, 5.41) is 11.6. The van der Waals surface area contributed by atoms with Crippen LogP contribution in [0.2, 0.25) is 10.0 Å². The number of hydrogen-bond acceptors (Lipinski definition) is 6. The fourth-order valence-electron chi connectivity index (χ4n) is 4.24. The molecule has 0 spiro atoms. The molecule has 4 rings (SSSR count). The molecule has 0 aliphatic carbocycles. The summed E-state index contributed by atoms with van der Waals surface area (Å²) in [6, 6.07) is 9.19. The van der Waals surface area contributed by atoms with Crippen LogP contribution in [0.25, 0.3) is 5.76 Å². The summed E-state index contributed by atoms with van der Waals surface area (Å²) in [5.74, 6) is -1.10. The Morgan fingerprint density at radius 1 is 1.03 bits per heavy atom. The Labute approximate surface area is 212 Å². The van der Waals surface area contributed by atoms with E-state index in [1.54, 1.807) is 31.2 Å². The van der Waals surface area contributed by atoms with Crippen LogP contribution in [0.15, 0.2) is 46.4 Å². The molecule has 1 atom stereocenters. The molecule has 1 aliphatic rings. The van der Waals surface area contributed by atoms with Crippen LogP contribution in [-0.4, -0.2) is 31.0 Å². The highest BCUT2D eigenvalue weighted by atomic mass is 35.5. The number of methoxy groups -OCH3 is 2. The number of carbonyl (C=O) groups is 2. The van der Waals surface area contributed by atoms with Gasteiger partial charge < -0.3 is 19.0 Å². The molecule has 0 bridgehead atoms. The minimum Gasteiger partial charge on any atom is -0.507 e. The second kappa shape index (κ2) is 9.32. The van der Waals surface area contributed by atoms with Gasteiger partial charge in [-0.05, 0) is 56.2 Å². The van der Waals surface area contributed by atoms with Gasteiger partial charge in [0.2, 0.25) is 0 Å². The first kappa shape index (κ1) is 24.7. The minimum absolute atomic E-state index is 0.0122. The summed E-state index contributed by atoms with van der Waals surface area (Å²) < 4.78 is 16.5. The summed E-state index contributed by atoms with van der Waals surface area (Å²) in [5.41, 5.74) is 2.14. The monoisotopic (exact) mass is 515 g/mol. The third-order valence-corrected chi connectivity index (χ3v) is 6.73. The number of halogens is 2. The van der Waals surface area contributed by atoms with Gasteiger partial charge in [-0.3, -0.25) is 14.5 Å². The Morgan fingerprint density at radius 2 is 1.71 bits per heavy atom. The average molecular weight is 516 g/mol. The van der Waals surface area contributed by atoms with Gasteiger partial charge in [-0.15, -0.1) is 0 Å². The van der Waals surface area contributed by atoms with E-state index in [0.717, 1.165) is 11.1 Å². The molecular weight excluding hydrogens is 493 g/mol. The Kier molecular flexibility index (Phi) is 6.58. The zero-order valence-electron chi connectivity index (χ0n) is 19.7. The molecule has 3 aromatic rings. The SMILES string of the molecule is COc1c(Cl)cc(/C(O)=C2\C(=O)C(=O)N(c3cccc(C)c3C)C2c2ccc(C)o2)c(OC)c1Cl. The van der Waals surface area contributed by atoms with Crippen molar-refractivity contribution in [1.82, 2.24) is 0 Å². The van der Waals surface area contributed by atoms with Gasteiger partial charge in [0.15, 0.2) is 11.5 Å². The molecule has 182 valence electrons. The topological polar surface area (TPSA) is 89.2 Å². The molecule has 2 aromatic carbocycles. The smallest absolute Gasteiger partial charge is 0.300 e. The molecule has 1 saturated heterocycles. The number of carbonyl (C=O) groups excluding carboxylic acids is 2. The molecule has 7 nitrogen and oxygen atoms in total. The summed E-state index contributed by atoms with van der Waals surface area (Å²) in [6.45, 7) is 5.52. The Morgan fingerprint density at radius 3 is 2.31 bits per heavy atom. The van der Waals surface area contributed by atoms with Gasteiger partial charge in [-0.25, -0.2) is 0 Å². The van der Waals surface area contributed by atoms with Crippen LogP contribution in [0.4, 0.5) is 5.69 Å². The largest absolute Gasteiger partial charge is 0.507 e. The van der Waals surface area contributed by atoms with Crippen LogP contribution in [0, 0.1) is 20.8 Å². The van der Waals surface area contributed by atoms with Gasteiger partial charge in [0.05, 0.1) is 30.4 Å². The predicted octanol–water partition coefficient (Wildman–Crippen LogP) is 6.16. The van der Waals surface area contributed by atoms with E-state index in [0.29, 0.717) is 17.2 Å². The van der Waals surface area contributed by atoms with Crippen molar-refractivity contribution < 1.29 is 28.6 Å². The van der Waals surface area contributed by atoms with E-state index < -0.39 is 23.5 Å². The van der Waals surface area contributed by atoms with Gasteiger partial charge in [0.1, 0.15) is 28.3 Å². The number of aliphatic hydroxyl groups is 1. The molecule has 0 radical (unpaired) electrons. The van der Waals surface area contributed by atoms with Crippen LogP contribution < -0.4 is 14.4 Å². The molecule has 1 aliphatic heterocycles. The van der Waals surface area contributed by atoms with Crippen molar-refractivity contribution in [2.75, 3.05) is 19.1 Å². The van der Waals surface area contributed by atoms with Crippen molar-refractivity contribution in [3.63, 3.8) is 0 Å². The van der Waals surface area contributed by atoms with Crippen LogP contribution >= 0.6 is 23.2 Å². The van der Waals surface area contributed by atoms with E-state index in [4.69, 9.17) is 37.1 Å². The third-order valence-electron chi connectivity index (χ3n) is 6.11. The lowest BCUT2D eigenvalue weighted by molar-refractivity contribution is -0.132. The maximum atomic E-state index is 13.4.